The van der Waals surface area contributed by atoms with Crippen molar-refractivity contribution >= 4 is 27.5 Å². The summed E-state index contributed by atoms with van der Waals surface area (Å²) in [6.45, 7) is 0.514. The van der Waals surface area contributed by atoms with Gasteiger partial charge >= 0.3 is 0 Å². The van der Waals surface area contributed by atoms with Crippen molar-refractivity contribution in [2.75, 3.05) is 13.2 Å². The molecule has 2 aromatic heterocycles. The van der Waals surface area contributed by atoms with E-state index in [0.717, 1.165) is 12.8 Å². The number of hydrogen-bond acceptors (Lipinski definition) is 5. The maximum atomic E-state index is 12.1. The molecule has 0 spiro atoms. The first-order chi connectivity index (χ1) is 9.63. The first-order valence-electron chi connectivity index (χ1n) is 6.44. The van der Waals surface area contributed by atoms with E-state index in [-0.39, 0.29) is 30.0 Å². The van der Waals surface area contributed by atoms with Crippen LogP contribution in [0.15, 0.2) is 22.6 Å². The van der Waals surface area contributed by atoms with Crippen molar-refractivity contribution in [1.82, 2.24) is 14.9 Å². The summed E-state index contributed by atoms with van der Waals surface area (Å²) in [6, 6.07) is 1.72. The Kier molecular flexibility index (Phi) is 3.31. The lowest BCUT2D eigenvalue weighted by atomic mass is 10.1. The summed E-state index contributed by atoms with van der Waals surface area (Å²) in [6.07, 6.45) is 3.28. The van der Waals surface area contributed by atoms with Crippen molar-refractivity contribution in [1.29, 1.82) is 0 Å². The van der Waals surface area contributed by atoms with Gasteiger partial charge in [-0.3, -0.25) is 14.2 Å². The topological polar surface area (TPSA) is 84.2 Å². The number of carbonyl (C=O) groups is 1. The molecule has 0 saturated heterocycles. The number of carbonyl (C=O) groups excluding carboxylic acids is 1. The van der Waals surface area contributed by atoms with Gasteiger partial charge in [0.15, 0.2) is 0 Å². The molecule has 0 bridgehead atoms. The van der Waals surface area contributed by atoms with Crippen molar-refractivity contribution < 1.29 is 9.90 Å². The Balaban J connectivity index is 1.68. The third-order valence-electron chi connectivity index (χ3n) is 3.72. The van der Waals surface area contributed by atoms with Gasteiger partial charge in [-0.05, 0) is 24.3 Å². The van der Waals surface area contributed by atoms with Crippen LogP contribution in [-0.2, 0) is 11.3 Å². The lowest BCUT2D eigenvalue weighted by molar-refractivity contribution is -0.122. The van der Waals surface area contributed by atoms with Crippen LogP contribution in [0.25, 0.3) is 10.2 Å². The minimum Gasteiger partial charge on any atom is -0.396 e. The maximum Gasteiger partial charge on any atom is 0.262 e. The summed E-state index contributed by atoms with van der Waals surface area (Å²) < 4.78 is 1.31. The summed E-state index contributed by atoms with van der Waals surface area (Å²) in [5.41, 5.74) is -0.328. The molecule has 2 aromatic rings. The number of thiophene rings is 1. The van der Waals surface area contributed by atoms with Crippen molar-refractivity contribution in [2.24, 2.45) is 5.41 Å². The Morgan fingerprint density at radius 3 is 3.05 bits per heavy atom. The second kappa shape index (κ2) is 4.99. The van der Waals surface area contributed by atoms with Crippen LogP contribution in [0.3, 0.4) is 0 Å². The highest BCUT2D eigenvalue weighted by atomic mass is 32.1. The Morgan fingerprint density at radius 1 is 1.55 bits per heavy atom. The zero-order chi connectivity index (χ0) is 14.2. The molecule has 2 heterocycles. The van der Waals surface area contributed by atoms with Crippen LogP contribution in [0.4, 0.5) is 0 Å². The van der Waals surface area contributed by atoms with Crippen molar-refractivity contribution in [3.8, 4) is 0 Å². The minimum absolute atomic E-state index is 0.0425. The number of nitrogens with one attached hydrogen (secondary N) is 1. The van der Waals surface area contributed by atoms with Crippen LogP contribution in [0.1, 0.15) is 12.8 Å². The summed E-state index contributed by atoms with van der Waals surface area (Å²) >= 11 is 1.40. The number of fused-ring (bicyclic) bond motifs is 1. The van der Waals surface area contributed by atoms with Gasteiger partial charge in [-0.2, -0.15) is 0 Å². The van der Waals surface area contributed by atoms with Crippen LogP contribution < -0.4 is 10.9 Å². The van der Waals surface area contributed by atoms with Crippen molar-refractivity contribution in [3.63, 3.8) is 0 Å². The van der Waals surface area contributed by atoms with E-state index in [9.17, 15) is 14.7 Å². The number of aromatic nitrogens is 2. The van der Waals surface area contributed by atoms with Gasteiger partial charge in [-0.1, -0.05) is 0 Å². The van der Waals surface area contributed by atoms with Gasteiger partial charge in [0.25, 0.3) is 5.56 Å². The van der Waals surface area contributed by atoms with E-state index < -0.39 is 0 Å². The molecule has 0 aromatic carbocycles. The smallest absolute Gasteiger partial charge is 0.262 e. The van der Waals surface area contributed by atoms with E-state index in [2.05, 4.69) is 10.3 Å². The Morgan fingerprint density at radius 2 is 2.35 bits per heavy atom. The van der Waals surface area contributed by atoms with Gasteiger partial charge in [0.1, 0.15) is 11.4 Å². The number of amides is 1. The van der Waals surface area contributed by atoms with Gasteiger partial charge in [-0.25, -0.2) is 4.98 Å². The molecule has 3 rings (SSSR count). The van der Waals surface area contributed by atoms with E-state index in [1.807, 2.05) is 5.38 Å². The average Bonchev–Trinajstić information content (AvgIpc) is 3.08. The molecule has 2 N–H and O–H groups in total. The molecule has 1 aliphatic carbocycles. The molecule has 0 radical (unpaired) electrons. The molecule has 7 heteroatoms. The van der Waals surface area contributed by atoms with Gasteiger partial charge in [0.2, 0.25) is 5.91 Å². The highest BCUT2D eigenvalue weighted by Gasteiger charge is 2.42. The molecule has 20 heavy (non-hydrogen) atoms. The minimum atomic E-state index is -0.233. The summed E-state index contributed by atoms with van der Waals surface area (Å²) in [7, 11) is 0. The fourth-order valence-corrected chi connectivity index (χ4v) is 2.79. The second-order valence-corrected chi connectivity index (χ2v) is 6.15. The van der Waals surface area contributed by atoms with Crippen LogP contribution in [0.2, 0.25) is 0 Å². The van der Waals surface area contributed by atoms with Crippen molar-refractivity contribution in [3.05, 3.63) is 28.1 Å². The standard InChI is InChI=1S/C13H15N3O3S/c17-7-13(2-3-13)6-14-10(18)5-16-8-15-11-9(12(16)19)1-4-20-11/h1,4,8,17H,2-3,5-7H2,(H,14,18). The number of rotatable bonds is 5. The molecule has 1 fully saturated rings. The second-order valence-electron chi connectivity index (χ2n) is 5.25. The predicted octanol–water partition coefficient (Wildman–Crippen LogP) is 0.347. The largest absolute Gasteiger partial charge is 0.396 e. The molecule has 1 saturated carbocycles. The third kappa shape index (κ3) is 2.46. The average molecular weight is 293 g/mol. The fraction of sp³-hybridized carbons (Fsp3) is 0.462. The Bertz CT molecular complexity index is 702. The summed E-state index contributed by atoms with van der Waals surface area (Å²) in [5.74, 6) is -0.233. The normalized spacial score (nSPS) is 16.2. The van der Waals surface area contributed by atoms with Gasteiger partial charge in [0.05, 0.1) is 18.3 Å². The number of hydrogen-bond donors (Lipinski definition) is 2. The molecule has 1 amide bonds. The third-order valence-corrected chi connectivity index (χ3v) is 4.54. The highest BCUT2D eigenvalue weighted by molar-refractivity contribution is 7.16. The molecule has 0 unspecified atom stereocenters. The predicted molar refractivity (Wildman–Crippen MR) is 75.6 cm³/mol. The first-order valence-corrected chi connectivity index (χ1v) is 7.32. The zero-order valence-corrected chi connectivity index (χ0v) is 11.7. The maximum absolute atomic E-state index is 12.1. The molecule has 106 valence electrons. The molecular formula is C13H15N3O3S. The van der Waals surface area contributed by atoms with Gasteiger partial charge in [-0.15, -0.1) is 11.3 Å². The van der Waals surface area contributed by atoms with Crippen LogP contribution in [-0.4, -0.2) is 33.7 Å². The quantitative estimate of drug-likeness (QED) is 0.833. The summed E-state index contributed by atoms with van der Waals surface area (Å²) in [4.78, 5) is 28.8. The van der Waals surface area contributed by atoms with E-state index in [1.54, 1.807) is 6.07 Å². The van der Waals surface area contributed by atoms with E-state index in [0.29, 0.717) is 16.8 Å². The molecule has 0 aliphatic heterocycles. The number of nitrogens with zero attached hydrogens (tertiary/aromatic N) is 2. The molecule has 1 aliphatic rings. The van der Waals surface area contributed by atoms with E-state index in [1.165, 1.54) is 22.2 Å². The lowest BCUT2D eigenvalue weighted by Gasteiger charge is -2.13. The number of aliphatic hydroxyl groups excluding tert-OH is 1. The Labute approximate surface area is 119 Å². The monoisotopic (exact) mass is 293 g/mol. The van der Waals surface area contributed by atoms with Crippen molar-refractivity contribution in [2.45, 2.75) is 19.4 Å². The van der Waals surface area contributed by atoms with Crippen LogP contribution in [0.5, 0.6) is 0 Å². The lowest BCUT2D eigenvalue weighted by Crippen LogP contribution is -2.36. The van der Waals surface area contributed by atoms with Crippen LogP contribution in [0, 0.1) is 5.41 Å². The van der Waals surface area contributed by atoms with Crippen LogP contribution >= 0.6 is 11.3 Å². The number of aliphatic hydroxyl groups is 1. The van der Waals surface area contributed by atoms with Gasteiger partial charge < -0.3 is 10.4 Å². The SMILES string of the molecule is O=C(Cn1cnc2sccc2c1=O)NCC1(CO)CC1. The first kappa shape index (κ1) is 13.3. The summed E-state index contributed by atoms with van der Waals surface area (Å²) in [5, 5.41) is 14.3. The zero-order valence-electron chi connectivity index (χ0n) is 10.8. The van der Waals surface area contributed by atoms with E-state index >= 15 is 0 Å². The molecule has 6 nitrogen and oxygen atoms in total. The Hall–Kier alpha value is -1.73. The van der Waals surface area contributed by atoms with Gasteiger partial charge in [0, 0.05) is 12.0 Å². The van der Waals surface area contributed by atoms with E-state index in [4.69, 9.17) is 0 Å². The fourth-order valence-electron chi connectivity index (χ4n) is 2.07. The molecule has 0 atom stereocenters. The molecular weight excluding hydrogens is 278 g/mol. The highest BCUT2D eigenvalue weighted by Crippen LogP contribution is 2.44.